The standard InChI is InChI=1S/C10H18N2O3/c1-7(2)10-11-6-8(13)12(10)5-4-9(14)15-3/h7,10-11H,4-6H2,1-3H3. The number of hydrogen-bond acceptors (Lipinski definition) is 4. The summed E-state index contributed by atoms with van der Waals surface area (Å²) in [5.74, 6) is 0.115. The molecule has 1 atom stereocenters. The topological polar surface area (TPSA) is 58.6 Å². The van der Waals surface area contributed by atoms with Crippen LogP contribution in [0.1, 0.15) is 20.3 Å². The van der Waals surface area contributed by atoms with Crippen LogP contribution in [-0.2, 0) is 14.3 Å². The van der Waals surface area contributed by atoms with Crippen LogP contribution in [0.15, 0.2) is 0 Å². The third-order valence-electron chi connectivity index (χ3n) is 2.53. The molecule has 0 aromatic heterocycles. The molecule has 0 saturated carbocycles. The molecular formula is C10H18N2O3. The molecule has 1 rings (SSSR count). The van der Waals surface area contributed by atoms with E-state index in [-0.39, 0.29) is 24.5 Å². The maximum absolute atomic E-state index is 11.5. The SMILES string of the molecule is COC(=O)CCN1C(=O)CNC1C(C)C. The average Bonchev–Trinajstić information content (AvgIpc) is 2.56. The van der Waals surface area contributed by atoms with Crippen LogP contribution < -0.4 is 5.32 Å². The van der Waals surface area contributed by atoms with Crippen molar-refractivity contribution in [3.05, 3.63) is 0 Å². The van der Waals surface area contributed by atoms with E-state index in [2.05, 4.69) is 10.1 Å². The molecule has 0 aromatic rings. The van der Waals surface area contributed by atoms with Crippen molar-refractivity contribution in [2.24, 2.45) is 5.92 Å². The summed E-state index contributed by atoms with van der Waals surface area (Å²) in [6.07, 6.45) is 0.301. The lowest BCUT2D eigenvalue weighted by molar-refractivity contribution is -0.141. The van der Waals surface area contributed by atoms with E-state index in [1.165, 1.54) is 7.11 Å². The third-order valence-corrected chi connectivity index (χ3v) is 2.53. The van der Waals surface area contributed by atoms with E-state index in [4.69, 9.17) is 0 Å². The van der Waals surface area contributed by atoms with E-state index in [1.54, 1.807) is 4.90 Å². The number of carbonyl (C=O) groups excluding carboxylic acids is 2. The van der Waals surface area contributed by atoms with Crippen molar-refractivity contribution < 1.29 is 14.3 Å². The molecule has 5 nitrogen and oxygen atoms in total. The number of carbonyl (C=O) groups is 2. The maximum Gasteiger partial charge on any atom is 0.307 e. The van der Waals surface area contributed by atoms with Gasteiger partial charge in [0.25, 0.3) is 0 Å². The molecule has 15 heavy (non-hydrogen) atoms. The number of rotatable bonds is 4. The van der Waals surface area contributed by atoms with Crippen molar-refractivity contribution in [2.75, 3.05) is 20.2 Å². The van der Waals surface area contributed by atoms with Crippen LogP contribution in [-0.4, -0.2) is 43.1 Å². The Labute approximate surface area is 89.8 Å². The second-order valence-electron chi connectivity index (χ2n) is 3.98. The van der Waals surface area contributed by atoms with Crippen LogP contribution in [0, 0.1) is 5.92 Å². The third kappa shape index (κ3) is 2.92. The first-order valence-electron chi connectivity index (χ1n) is 5.16. The Bertz CT molecular complexity index is 253. The molecule has 1 aliphatic heterocycles. The summed E-state index contributed by atoms with van der Waals surface area (Å²) < 4.78 is 4.54. The number of hydrogen-bond donors (Lipinski definition) is 1. The minimum Gasteiger partial charge on any atom is -0.469 e. The highest BCUT2D eigenvalue weighted by atomic mass is 16.5. The molecule has 1 fully saturated rings. The summed E-state index contributed by atoms with van der Waals surface area (Å²) in [6.45, 7) is 4.88. The first kappa shape index (κ1) is 12.0. The monoisotopic (exact) mass is 214 g/mol. The van der Waals surface area contributed by atoms with Crippen molar-refractivity contribution in [1.29, 1.82) is 0 Å². The van der Waals surface area contributed by atoms with Crippen LogP contribution in [0.3, 0.4) is 0 Å². The van der Waals surface area contributed by atoms with E-state index in [9.17, 15) is 9.59 Å². The molecule has 86 valence electrons. The van der Waals surface area contributed by atoms with Crippen LogP contribution in [0.4, 0.5) is 0 Å². The van der Waals surface area contributed by atoms with E-state index in [0.717, 1.165) is 0 Å². The van der Waals surface area contributed by atoms with Gasteiger partial charge in [0.2, 0.25) is 5.91 Å². The van der Waals surface area contributed by atoms with Crippen molar-refractivity contribution in [2.45, 2.75) is 26.4 Å². The fourth-order valence-corrected chi connectivity index (χ4v) is 1.73. The van der Waals surface area contributed by atoms with Gasteiger partial charge in [-0.3, -0.25) is 14.9 Å². The molecule has 1 saturated heterocycles. The number of methoxy groups -OCH3 is 1. The number of amides is 1. The number of nitrogens with zero attached hydrogens (tertiary/aromatic N) is 1. The molecule has 1 aliphatic rings. The number of ether oxygens (including phenoxy) is 1. The molecule has 0 spiro atoms. The van der Waals surface area contributed by atoms with Gasteiger partial charge in [-0.15, -0.1) is 0 Å². The molecule has 1 heterocycles. The van der Waals surface area contributed by atoms with Gasteiger partial charge < -0.3 is 9.64 Å². The summed E-state index contributed by atoms with van der Waals surface area (Å²) in [5.41, 5.74) is 0. The summed E-state index contributed by atoms with van der Waals surface area (Å²) in [7, 11) is 1.35. The summed E-state index contributed by atoms with van der Waals surface area (Å²) >= 11 is 0. The maximum atomic E-state index is 11.5. The second-order valence-corrected chi connectivity index (χ2v) is 3.98. The molecule has 0 radical (unpaired) electrons. The Balaban J connectivity index is 2.49. The van der Waals surface area contributed by atoms with E-state index >= 15 is 0 Å². The quantitative estimate of drug-likeness (QED) is 0.667. The van der Waals surface area contributed by atoms with Crippen LogP contribution in [0.25, 0.3) is 0 Å². The Morgan fingerprint density at radius 3 is 2.87 bits per heavy atom. The predicted molar refractivity (Wildman–Crippen MR) is 55.0 cm³/mol. The lowest BCUT2D eigenvalue weighted by Crippen LogP contribution is -2.42. The van der Waals surface area contributed by atoms with Gasteiger partial charge in [0, 0.05) is 6.54 Å². The fraction of sp³-hybridized carbons (Fsp3) is 0.800. The molecule has 1 N–H and O–H groups in total. The highest BCUT2D eigenvalue weighted by Crippen LogP contribution is 2.13. The molecule has 1 amide bonds. The molecular weight excluding hydrogens is 196 g/mol. The van der Waals surface area contributed by atoms with Crippen LogP contribution >= 0.6 is 0 Å². The largest absolute Gasteiger partial charge is 0.469 e. The first-order chi connectivity index (χ1) is 7.06. The lowest BCUT2D eigenvalue weighted by Gasteiger charge is -2.26. The summed E-state index contributed by atoms with van der Waals surface area (Å²) in [6, 6.07) is 0. The minimum atomic E-state index is -0.280. The molecule has 0 aliphatic carbocycles. The first-order valence-corrected chi connectivity index (χ1v) is 5.16. The predicted octanol–water partition coefficient (Wildman–Crippen LogP) is -0.0366. The summed E-state index contributed by atoms with van der Waals surface area (Å²) in [4.78, 5) is 24.2. The van der Waals surface area contributed by atoms with Crippen molar-refractivity contribution in [3.8, 4) is 0 Å². The second kappa shape index (κ2) is 5.11. The van der Waals surface area contributed by atoms with Gasteiger partial charge in [-0.2, -0.15) is 0 Å². The summed E-state index contributed by atoms with van der Waals surface area (Å²) in [5, 5.41) is 3.12. The molecule has 0 aromatic carbocycles. The highest BCUT2D eigenvalue weighted by molar-refractivity contribution is 5.81. The molecule has 0 bridgehead atoms. The van der Waals surface area contributed by atoms with Gasteiger partial charge in [0.05, 0.1) is 26.2 Å². The highest BCUT2D eigenvalue weighted by Gasteiger charge is 2.32. The zero-order valence-corrected chi connectivity index (χ0v) is 9.45. The lowest BCUT2D eigenvalue weighted by atomic mass is 10.1. The zero-order chi connectivity index (χ0) is 11.4. The van der Waals surface area contributed by atoms with Crippen molar-refractivity contribution in [1.82, 2.24) is 10.2 Å². The van der Waals surface area contributed by atoms with E-state index < -0.39 is 0 Å². The van der Waals surface area contributed by atoms with E-state index in [0.29, 0.717) is 19.0 Å². The van der Waals surface area contributed by atoms with Gasteiger partial charge >= 0.3 is 5.97 Å². The van der Waals surface area contributed by atoms with Gasteiger partial charge in [-0.1, -0.05) is 13.8 Å². The van der Waals surface area contributed by atoms with Gasteiger partial charge in [0.1, 0.15) is 0 Å². The Hall–Kier alpha value is -1.10. The number of esters is 1. The smallest absolute Gasteiger partial charge is 0.307 e. The fourth-order valence-electron chi connectivity index (χ4n) is 1.73. The van der Waals surface area contributed by atoms with Gasteiger partial charge in [-0.25, -0.2) is 0 Å². The Kier molecular flexibility index (Phi) is 4.08. The van der Waals surface area contributed by atoms with Crippen LogP contribution in [0.2, 0.25) is 0 Å². The van der Waals surface area contributed by atoms with Crippen molar-refractivity contribution >= 4 is 11.9 Å². The molecule has 5 heteroatoms. The van der Waals surface area contributed by atoms with Gasteiger partial charge in [-0.05, 0) is 5.92 Å². The van der Waals surface area contributed by atoms with Gasteiger partial charge in [0.15, 0.2) is 0 Å². The Morgan fingerprint density at radius 2 is 2.33 bits per heavy atom. The molecule has 1 unspecified atom stereocenters. The zero-order valence-electron chi connectivity index (χ0n) is 9.45. The average molecular weight is 214 g/mol. The Morgan fingerprint density at radius 1 is 1.67 bits per heavy atom. The normalized spacial score (nSPS) is 21.2. The number of nitrogens with one attached hydrogen (secondary N) is 1. The minimum absolute atomic E-state index is 0.0437. The van der Waals surface area contributed by atoms with Crippen LogP contribution in [0.5, 0.6) is 0 Å². The van der Waals surface area contributed by atoms with E-state index in [1.807, 2.05) is 13.8 Å². The van der Waals surface area contributed by atoms with Crippen molar-refractivity contribution in [3.63, 3.8) is 0 Å².